The molecule has 2 aromatic rings. The summed E-state index contributed by atoms with van der Waals surface area (Å²) >= 11 is 7.88. The smallest absolute Gasteiger partial charge is 0.172 e. The minimum absolute atomic E-state index is 0.801. The van der Waals surface area contributed by atoms with Gasteiger partial charge in [0.15, 0.2) is 5.16 Å². The highest BCUT2D eigenvalue weighted by Gasteiger charge is 2.05. The quantitative estimate of drug-likeness (QED) is 0.912. The first-order chi connectivity index (χ1) is 8.70. The molecule has 1 N–H and O–H groups in total. The van der Waals surface area contributed by atoms with Gasteiger partial charge in [-0.3, -0.25) is 0 Å². The second-order valence-corrected chi connectivity index (χ2v) is 5.40. The van der Waals surface area contributed by atoms with Gasteiger partial charge in [0.2, 0.25) is 0 Å². The minimum Gasteiger partial charge on any atom is -0.329 e. The molecule has 0 bridgehead atoms. The van der Waals surface area contributed by atoms with Crippen LogP contribution in [0.1, 0.15) is 12.5 Å². The summed E-state index contributed by atoms with van der Waals surface area (Å²) in [7, 11) is 1.98. The number of imidazole rings is 1. The fourth-order valence-corrected chi connectivity index (χ4v) is 2.70. The van der Waals surface area contributed by atoms with Crippen LogP contribution in [0, 0.1) is 0 Å². The fourth-order valence-electron chi connectivity index (χ4n) is 1.55. The van der Waals surface area contributed by atoms with Gasteiger partial charge in [-0.15, -0.1) is 0 Å². The van der Waals surface area contributed by atoms with Gasteiger partial charge in [0.1, 0.15) is 0 Å². The van der Waals surface area contributed by atoms with Crippen LogP contribution in [0.15, 0.2) is 40.6 Å². The molecular formula is C13H16ClN3S. The van der Waals surface area contributed by atoms with Crippen LogP contribution in [-0.2, 0) is 13.6 Å². The van der Waals surface area contributed by atoms with Gasteiger partial charge < -0.3 is 9.88 Å². The number of aryl methyl sites for hydroxylation is 1. The molecule has 0 aliphatic carbocycles. The topological polar surface area (TPSA) is 29.9 Å². The molecule has 0 spiro atoms. The molecule has 0 fully saturated rings. The van der Waals surface area contributed by atoms with Gasteiger partial charge in [0, 0.05) is 35.9 Å². The molecule has 0 aliphatic heterocycles. The van der Waals surface area contributed by atoms with Crippen LogP contribution in [0.4, 0.5) is 0 Å². The highest BCUT2D eigenvalue weighted by molar-refractivity contribution is 7.99. The second-order valence-electron chi connectivity index (χ2n) is 3.96. The number of nitrogens with one attached hydrogen (secondary N) is 1. The number of benzene rings is 1. The Labute approximate surface area is 117 Å². The lowest BCUT2D eigenvalue weighted by atomic mass is 10.2. The van der Waals surface area contributed by atoms with E-state index in [9.17, 15) is 0 Å². The highest BCUT2D eigenvalue weighted by Crippen LogP contribution is 2.29. The Bertz CT molecular complexity index is 525. The predicted octanol–water partition coefficient (Wildman–Crippen LogP) is 3.33. The molecule has 0 saturated carbocycles. The van der Waals surface area contributed by atoms with E-state index in [0.717, 1.165) is 33.7 Å². The zero-order valence-electron chi connectivity index (χ0n) is 10.5. The van der Waals surface area contributed by atoms with Crippen molar-refractivity contribution in [3.8, 4) is 0 Å². The predicted molar refractivity (Wildman–Crippen MR) is 76.2 cm³/mol. The zero-order valence-corrected chi connectivity index (χ0v) is 12.1. The van der Waals surface area contributed by atoms with E-state index in [0.29, 0.717) is 0 Å². The molecule has 0 unspecified atom stereocenters. The highest BCUT2D eigenvalue weighted by atomic mass is 35.5. The van der Waals surface area contributed by atoms with Gasteiger partial charge in [-0.2, -0.15) is 0 Å². The molecule has 0 amide bonds. The van der Waals surface area contributed by atoms with Crippen molar-refractivity contribution in [2.24, 2.45) is 7.05 Å². The monoisotopic (exact) mass is 281 g/mol. The summed E-state index contributed by atoms with van der Waals surface area (Å²) in [5.74, 6) is 0. The first-order valence-corrected chi connectivity index (χ1v) is 7.04. The lowest BCUT2D eigenvalue weighted by Gasteiger charge is -2.07. The van der Waals surface area contributed by atoms with Crippen molar-refractivity contribution < 1.29 is 0 Å². The van der Waals surface area contributed by atoms with Crippen molar-refractivity contribution >= 4 is 23.4 Å². The average Bonchev–Trinajstić information content (AvgIpc) is 2.74. The summed E-state index contributed by atoms with van der Waals surface area (Å²) in [5.41, 5.74) is 1.13. The van der Waals surface area contributed by atoms with Crippen LogP contribution in [0.5, 0.6) is 0 Å². The summed E-state index contributed by atoms with van der Waals surface area (Å²) in [6, 6.07) is 6.14. The van der Waals surface area contributed by atoms with Crippen LogP contribution >= 0.6 is 23.4 Å². The van der Waals surface area contributed by atoms with Gasteiger partial charge in [-0.05, 0) is 24.2 Å². The lowest BCUT2D eigenvalue weighted by molar-refractivity contribution is 0.726. The Kier molecular flexibility index (Phi) is 4.69. The van der Waals surface area contributed by atoms with E-state index >= 15 is 0 Å². The van der Waals surface area contributed by atoms with E-state index in [-0.39, 0.29) is 0 Å². The molecule has 0 radical (unpaired) electrons. The number of nitrogens with zero attached hydrogens (tertiary/aromatic N) is 2. The summed E-state index contributed by atoms with van der Waals surface area (Å²) in [6.07, 6.45) is 3.73. The summed E-state index contributed by atoms with van der Waals surface area (Å²) in [4.78, 5) is 5.39. The van der Waals surface area contributed by atoms with Crippen LogP contribution in [0.2, 0.25) is 5.02 Å². The SMILES string of the molecule is CCNCc1ccc(Sc2nccn2C)cc1Cl. The molecule has 0 aliphatic rings. The van der Waals surface area contributed by atoms with Gasteiger partial charge >= 0.3 is 0 Å². The third-order valence-electron chi connectivity index (χ3n) is 2.58. The Balaban J connectivity index is 2.11. The van der Waals surface area contributed by atoms with E-state index in [4.69, 9.17) is 11.6 Å². The maximum atomic E-state index is 6.26. The summed E-state index contributed by atoms with van der Waals surface area (Å²) in [6.45, 7) is 3.84. The number of rotatable bonds is 5. The fraction of sp³-hybridized carbons (Fsp3) is 0.308. The Hall–Kier alpha value is -0.970. The Morgan fingerprint density at radius 3 is 2.89 bits per heavy atom. The molecule has 0 saturated heterocycles. The molecular weight excluding hydrogens is 266 g/mol. The molecule has 3 nitrogen and oxygen atoms in total. The number of halogens is 1. The van der Waals surface area contributed by atoms with Crippen LogP contribution < -0.4 is 5.32 Å². The largest absolute Gasteiger partial charge is 0.329 e. The molecule has 1 aromatic carbocycles. The van der Waals surface area contributed by atoms with Crippen molar-refractivity contribution in [2.75, 3.05) is 6.54 Å². The number of hydrogen-bond donors (Lipinski definition) is 1. The average molecular weight is 282 g/mol. The summed E-state index contributed by atoms with van der Waals surface area (Å²) in [5, 5.41) is 5.04. The van der Waals surface area contributed by atoms with Crippen molar-refractivity contribution in [1.82, 2.24) is 14.9 Å². The zero-order chi connectivity index (χ0) is 13.0. The first-order valence-electron chi connectivity index (χ1n) is 5.85. The standard InChI is InChI=1S/C13H16ClN3S/c1-3-15-9-10-4-5-11(8-12(10)14)18-13-16-6-7-17(13)2/h4-8,15H,3,9H2,1-2H3. The molecule has 1 heterocycles. The molecule has 96 valence electrons. The molecule has 18 heavy (non-hydrogen) atoms. The Morgan fingerprint density at radius 2 is 2.28 bits per heavy atom. The third-order valence-corrected chi connectivity index (χ3v) is 3.99. The normalized spacial score (nSPS) is 10.8. The van der Waals surface area contributed by atoms with E-state index in [1.54, 1.807) is 18.0 Å². The van der Waals surface area contributed by atoms with E-state index in [1.165, 1.54) is 0 Å². The van der Waals surface area contributed by atoms with Gasteiger partial charge in [0.05, 0.1) is 0 Å². The second kappa shape index (κ2) is 6.27. The van der Waals surface area contributed by atoms with Crippen LogP contribution in [0.25, 0.3) is 0 Å². The molecule has 5 heteroatoms. The maximum Gasteiger partial charge on any atom is 0.172 e. The lowest BCUT2D eigenvalue weighted by Crippen LogP contribution is -2.11. The maximum absolute atomic E-state index is 6.26. The Morgan fingerprint density at radius 1 is 1.44 bits per heavy atom. The first kappa shape index (κ1) is 13.5. The number of aromatic nitrogens is 2. The van der Waals surface area contributed by atoms with Gasteiger partial charge in [0.25, 0.3) is 0 Å². The van der Waals surface area contributed by atoms with Crippen molar-refractivity contribution in [3.63, 3.8) is 0 Å². The van der Waals surface area contributed by atoms with Gasteiger partial charge in [-0.25, -0.2) is 4.98 Å². The van der Waals surface area contributed by atoms with Crippen LogP contribution in [0.3, 0.4) is 0 Å². The molecule has 2 rings (SSSR count). The number of hydrogen-bond acceptors (Lipinski definition) is 3. The molecule has 1 aromatic heterocycles. The van der Waals surface area contributed by atoms with Crippen molar-refractivity contribution in [3.05, 3.63) is 41.2 Å². The van der Waals surface area contributed by atoms with E-state index in [2.05, 4.69) is 29.4 Å². The summed E-state index contributed by atoms with van der Waals surface area (Å²) < 4.78 is 1.99. The minimum atomic E-state index is 0.801. The molecule has 0 atom stereocenters. The van der Waals surface area contributed by atoms with Crippen molar-refractivity contribution in [1.29, 1.82) is 0 Å². The van der Waals surface area contributed by atoms with E-state index in [1.807, 2.05) is 23.9 Å². The van der Waals surface area contributed by atoms with Gasteiger partial charge in [-0.1, -0.05) is 36.4 Å². The van der Waals surface area contributed by atoms with Crippen LogP contribution in [-0.4, -0.2) is 16.1 Å². The van der Waals surface area contributed by atoms with Crippen molar-refractivity contribution in [2.45, 2.75) is 23.5 Å². The third kappa shape index (κ3) is 3.28. The van der Waals surface area contributed by atoms with E-state index < -0.39 is 0 Å².